The normalized spacial score (nSPS) is 10.9. The van der Waals surface area contributed by atoms with Crippen molar-refractivity contribution >= 4 is 0 Å². The van der Waals surface area contributed by atoms with Crippen molar-refractivity contribution < 1.29 is 4.42 Å². The van der Waals surface area contributed by atoms with Crippen LogP contribution in [0.15, 0.2) is 34.7 Å². The van der Waals surface area contributed by atoms with E-state index in [4.69, 9.17) is 4.42 Å². The zero-order valence-electron chi connectivity index (χ0n) is 12.8. The molecule has 4 heteroatoms. The number of benzene rings is 1. The molecule has 0 fully saturated rings. The van der Waals surface area contributed by atoms with E-state index in [0.717, 1.165) is 57.0 Å². The number of hydrogen-bond donors (Lipinski definition) is 1. The van der Waals surface area contributed by atoms with Crippen molar-refractivity contribution in [1.29, 1.82) is 0 Å². The summed E-state index contributed by atoms with van der Waals surface area (Å²) in [5, 5.41) is 11.6. The van der Waals surface area contributed by atoms with E-state index in [-0.39, 0.29) is 0 Å². The minimum absolute atomic E-state index is 0.766. The van der Waals surface area contributed by atoms with Crippen LogP contribution in [0.1, 0.15) is 43.5 Å². The second kappa shape index (κ2) is 9.29. The third-order valence-corrected chi connectivity index (χ3v) is 3.38. The van der Waals surface area contributed by atoms with Gasteiger partial charge in [0.15, 0.2) is 0 Å². The zero-order chi connectivity index (χ0) is 14.8. The molecular formula is C17H25N3O. The molecule has 1 N–H and O–H groups in total. The molecule has 0 atom stereocenters. The Hall–Kier alpha value is -1.68. The average molecular weight is 287 g/mol. The maximum atomic E-state index is 5.68. The van der Waals surface area contributed by atoms with Crippen molar-refractivity contribution in [1.82, 2.24) is 15.5 Å². The SMILES string of the molecule is CCCNCCCc1nnc(CCCc2ccccc2)o1. The summed E-state index contributed by atoms with van der Waals surface area (Å²) in [7, 11) is 0. The summed E-state index contributed by atoms with van der Waals surface area (Å²) in [5.74, 6) is 1.53. The monoisotopic (exact) mass is 287 g/mol. The molecule has 0 radical (unpaired) electrons. The van der Waals surface area contributed by atoms with E-state index in [0.29, 0.717) is 0 Å². The Morgan fingerprint density at radius 1 is 0.905 bits per heavy atom. The first-order chi connectivity index (χ1) is 10.4. The van der Waals surface area contributed by atoms with Crippen molar-refractivity contribution in [2.24, 2.45) is 0 Å². The highest BCUT2D eigenvalue weighted by Gasteiger charge is 2.05. The van der Waals surface area contributed by atoms with Crippen LogP contribution in [0.2, 0.25) is 0 Å². The number of rotatable bonds is 10. The summed E-state index contributed by atoms with van der Waals surface area (Å²) >= 11 is 0. The molecule has 0 amide bonds. The van der Waals surface area contributed by atoms with Gasteiger partial charge >= 0.3 is 0 Å². The van der Waals surface area contributed by atoms with E-state index >= 15 is 0 Å². The molecule has 4 nitrogen and oxygen atoms in total. The van der Waals surface area contributed by atoms with Crippen molar-refractivity contribution in [3.63, 3.8) is 0 Å². The molecule has 1 aromatic carbocycles. The van der Waals surface area contributed by atoms with Gasteiger partial charge in [-0.15, -0.1) is 10.2 Å². The third-order valence-electron chi connectivity index (χ3n) is 3.38. The van der Waals surface area contributed by atoms with Crippen molar-refractivity contribution in [2.45, 2.75) is 45.4 Å². The molecule has 21 heavy (non-hydrogen) atoms. The van der Waals surface area contributed by atoms with Crippen LogP contribution in [0.25, 0.3) is 0 Å². The second-order valence-electron chi connectivity index (χ2n) is 5.28. The van der Waals surface area contributed by atoms with Crippen LogP contribution in [-0.4, -0.2) is 23.3 Å². The molecule has 0 aliphatic rings. The first-order valence-electron chi connectivity index (χ1n) is 7.94. The first-order valence-corrected chi connectivity index (χ1v) is 7.94. The molecular weight excluding hydrogens is 262 g/mol. The van der Waals surface area contributed by atoms with Crippen LogP contribution < -0.4 is 5.32 Å². The molecule has 2 rings (SSSR count). The van der Waals surface area contributed by atoms with E-state index in [1.54, 1.807) is 0 Å². The second-order valence-corrected chi connectivity index (χ2v) is 5.28. The van der Waals surface area contributed by atoms with Gasteiger partial charge in [-0.05, 0) is 44.3 Å². The molecule has 114 valence electrons. The van der Waals surface area contributed by atoms with Gasteiger partial charge in [0.05, 0.1) is 0 Å². The Morgan fingerprint density at radius 3 is 2.33 bits per heavy atom. The molecule has 0 bridgehead atoms. The molecule has 0 aliphatic carbocycles. The molecule has 2 aromatic rings. The van der Waals surface area contributed by atoms with Gasteiger partial charge in [0.25, 0.3) is 0 Å². The lowest BCUT2D eigenvalue weighted by Gasteiger charge is -2.00. The lowest BCUT2D eigenvalue weighted by molar-refractivity contribution is 0.437. The van der Waals surface area contributed by atoms with Crippen LogP contribution in [0.4, 0.5) is 0 Å². The number of nitrogens with one attached hydrogen (secondary N) is 1. The molecule has 0 saturated carbocycles. The van der Waals surface area contributed by atoms with E-state index in [9.17, 15) is 0 Å². The van der Waals surface area contributed by atoms with Crippen LogP contribution in [0.3, 0.4) is 0 Å². The Labute approximate surface area is 127 Å². The van der Waals surface area contributed by atoms with Gasteiger partial charge in [-0.25, -0.2) is 0 Å². The van der Waals surface area contributed by atoms with Gasteiger partial charge in [0.2, 0.25) is 11.8 Å². The van der Waals surface area contributed by atoms with Crippen LogP contribution >= 0.6 is 0 Å². The fraction of sp³-hybridized carbons (Fsp3) is 0.529. The highest BCUT2D eigenvalue weighted by Crippen LogP contribution is 2.08. The van der Waals surface area contributed by atoms with Crippen molar-refractivity contribution in [3.8, 4) is 0 Å². The molecule has 1 aromatic heterocycles. The van der Waals surface area contributed by atoms with Crippen LogP contribution in [-0.2, 0) is 19.3 Å². The predicted octanol–water partition coefficient (Wildman–Crippen LogP) is 3.18. The molecule has 0 spiro atoms. The first kappa shape index (κ1) is 15.7. The van der Waals surface area contributed by atoms with Gasteiger partial charge in [0, 0.05) is 12.8 Å². The Kier molecular flexibility index (Phi) is 6.95. The lowest BCUT2D eigenvalue weighted by atomic mass is 10.1. The average Bonchev–Trinajstić information content (AvgIpc) is 2.96. The standard InChI is InChI=1S/C17H25N3O/c1-2-13-18-14-7-12-17-20-19-16(21-17)11-6-10-15-8-4-3-5-9-15/h3-5,8-9,18H,2,6-7,10-14H2,1H3. The van der Waals surface area contributed by atoms with E-state index < -0.39 is 0 Å². The van der Waals surface area contributed by atoms with Gasteiger partial charge < -0.3 is 9.73 Å². The quantitative estimate of drug-likeness (QED) is 0.682. The summed E-state index contributed by atoms with van der Waals surface area (Å²) in [6, 6.07) is 10.5. The van der Waals surface area contributed by atoms with E-state index in [2.05, 4.69) is 46.7 Å². The molecule has 0 saturated heterocycles. The fourth-order valence-corrected chi connectivity index (χ4v) is 2.25. The van der Waals surface area contributed by atoms with Crippen LogP contribution in [0, 0.1) is 0 Å². The topological polar surface area (TPSA) is 51.0 Å². The van der Waals surface area contributed by atoms with Gasteiger partial charge in [-0.2, -0.15) is 0 Å². The molecule has 0 unspecified atom stereocenters. The Bertz CT molecular complexity index is 496. The summed E-state index contributed by atoms with van der Waals surface area (Å²) < 4.78 is 5.68. The summed E-state index contributed by atoms with van der Waals surface area (Å²) in [4.78, 5) is 0. The Balaban J connectivity index is 1.63. The van der Waals surface area contributed by atoms with E-state index in [1.165, 1.54) is 12.0 Å². The highest BCUT2D eigenvalue weighted by atomic mass is 16.4. The minimum Gasteiger partial charge on any atom is -0.425 e. The van der Waals surface area contributed by atoms with Gasteiger partial charge in [-0.1, -0.05) is 37.3 Å². The van der Waals surface area contributed by atoms with Crippen molar-refractivity contribution in [3.05, 3.63) is 47.7 Å². The number of aromatic nitrogens is 2. The van der Waals surface area contributed by atoms with Gasteiger partial charge in [0.1, 0.15) is 0 Å². The molecule has 1 heterocycles. The Morgan fingerprint density at radius 2 is 1.62 bits per heavy atom. The van der Waals surface area contributed by atoms with Crippen molar-refractivity contribution in [2.75, 3.05) is 13.1 Å². The summed E-state index contributed by atoms with van der Waals surface area (Å²) in [6.45, 7) is 4.26. The maximum absolute atomic E-state index is 5.68. The largest absolute Gasteiger partial charge is 0.425 e. The predicted molar refractivity (Wildman–Crippen MR) is 84.2 cm³/mol. The maximum Gasteiger partial charge on any atom is 0.216 e. The van der Waals surface area contributed by atoms with Crippen LogP contribution in [0.5, 0.6) is 0 Å². The minimum atomic E-state index is 0.766. The van der Waals surface area contributed by atoms with Gasteiger partial charge in [-0.3, -0.25) is 0 Å². The number of nitrogens with zero attached hydrogens (tertiary/aromatic N) is 2. The fourth-order valence-electron chi connectivity index (χ4n) is 2.25. The smallest absolute Gasteiger partial charge is 0.216 e. The lowest BCUT2D eigenvalue weighted by Crippen LogP contribution is -2.16. The highest BCUT2D eigenvalue weighted by molar-refractivity contribution is 5.14. The number of hydrogen-bond acceptors (Lipinski definition) is 4. The zero-order valence-corrected chi connectivity index (χ0v) is 12.8. The summed E-state index contributed by atoms with van der Waals surface area (Å²) in [6.07, 6.45) is 6.04. The molecule has 0 aliphatic heterocycles. The third kappa shape index (κ3) is 6.08. The summed E-state index contributed by atoms with van der Waals surface area (Å²) in [5.41, 5.74) is 1.36. The van der Waals surface area contributed by atoms with E-state index in [1.807, 2.05) is 6.07 Å². The number of aryl methyl sites for hydroxylation is 3.